The summed E-state index contributed by atoms with van der Waals surface area (Å²) in [7, 11) is 0. The van der Waals surface area contributed by atoms with Gasteiger partial charge in [0.25, 0.3) is 0 Å². The van der Waals surface area contributed by atoms with Gasteiger partial charge in [-0.25, -0.2) is 9.07 Å². The fourth-order valence-electron chi connectivity index (χ4n) is 1.52. The van der Waals surface area contributed by atoms with E-state index in [1.54, 1.807) is 16.9 Å². The summed E-state index contributed by atoms with van der Waals surface area (Å²) < 4.78 is 15.5. The van der Waals surface area contributed by atoms with E-state index in [-0.39, 0.29) is 5.82 Å². The molecule has 0 fully saturated rings. The Labute approximate surface area is 113 Å². The van der Waals surface area contributed by atoms with Gasteiger partial charge in [-0.15, -0.1) is 5.10 Å². The second-order valence-electron chi connectivity index (χ2n) is 4.74. The minimum absolute atomic E-state index is 0.285. The quantitative estimate of drug-likeness (QED) is 0.947. The fourth-order valence-corrected chi connectivity index (χ4v) is 1.91. The molecule has 4 nitrogen and oxygen atoms in total. The van der Waals surface area contributed by atoms with Gasteiger partial charge in [-0.2, -0.15) is 0 Å². The molecule has 1 heterocycles. The molecule has 6 heteroatoms. The SMILES string of the molecule is CC(C)(N)c1cn(Cc2cccc(F)c2Br)nn1. The van der Waals surface area contributed by atoms with E-state index in [1.807, 2.05) is 19.9 Å². The van der Waals surface area contributed by atoms with Gasteiger partial charge in [0.1, 0.15) is 11.5 Å². The van der Waals surface area contributed by atoms with Crippen molar-refractivity contribution in [2.24, 2.45) is 5.73 Å². The molecule has 2 rings (SSSR count). The lowest BCUT2D eigenvalue weighted by Gasteiger charge is -2.13. The highest BCUT2D eigenvalue weighted by atomic mass is 79.9. The van der Waals surface area contributed by atoms with Gasteiger partial charge < -0.3 is 5.73 Å². The molecule has 0 aliphatic rings. The molecule has 0 aliphatic carbocycles. The van der Waals surface area contributed by atoms with Crippen LogP contribution in [0.4, 0.5) is 4.39 Å². The molecule has 0 radical (unpaired) electrons. The van der Waals surface area contributed by atoms with Crippen LogP contribution < -0.4 is 5.73 Å². The molecule has 18 heavy (non-hydrogen) atoms. The lowest BCUT2D eigenvalue weighted by Crippen LogP contribution is -2.29. The Morgan fingerprint density at radius 3 is 2.78 bits per heavy atom. The van der Waals surface area contributed by atoms with E-state index in [1.165, 1.54) is 6.07 Å². The third-order valence-electron chi connectivity index (χ3n) is 2.56. The minimum atomic E-state index is -0.530. The zero-order chi connectivity index (χ0) is 13.3. The van der Waals surface area contributed by atoms with Gasteiger partial charge >= 0.3 is 0 Å². The number of hydrogen-bond donors (Lipinski definition) is 1. The Morgan fingerprint density at radius 2 is 2.17 bits per heavy atom. The van der Waals surface area contributed by atoms with Crippen molar-refractivity contribution in [1.82, 2.24) is 15.0 Å². The highest BCUT2D eigenvalue weighted by molar-refractivity contribution is 9.10. The number of rotatable bonds is 3. The topological polar surface area (TPSA) is 56.7 Å². The van der Waals surface area contributed by atoms with Crippen molar-refractivity contribution in [3.63, 3.8) is 0 Å². The highest BCUT2D eigenvalue weighted by Gasteiger charge is 2.18. The van der Waals surface area contributed by atoms with Crippen LogP contribution >= 0.6 is 15.9 Å². The first kappa shape index (κ1) is 13.2. The number of benzene rings is 1. The van der Waals surface area contributed by atoms with E-state index < -0.39 is 5.54 Å². The summed E-state index contributed by atoms with van der Waals surface area (Å²) >= 11 is 3.22. The maximum Gasteiger partial charge on any atom is 0.137 e. The normalized spacial score (nSPS) is 11.8. The van der Waals surface area contributed by atoms with Gasteiger partial charge in [-0.05, 0) is 41.4 Å². The second-order valence-corrected chi connectivity index (χ2v) is 5.53. The molecule has 0 aliphatic heterocycles. The Hall–Kier alpha value is -1.27. The van der Waals surface area contributed by atoms with E-state index in [0.717, 1.165) is 5.56 Å². The zero-order valence-corrected chi connectivity index (χ0v) is 11.8. The van der Waals surface area contributed by atoms with Crippen molar-refractivity contribution in [3.8, 4) is 0 Å². The zero-order valence-electron chi connectivity index (χ0n) is 10.2. The van der Waals surface area contributed by atoms with Gasteiger partial charge in [0.05, 0.1) is 22.8 Å². The van der Waals surface area contributed by atoms with Crippen molar-refractivity contribution in [2.75, 3.05) is 0 Å². The number of hydrogen-bond acceptors (Lipinski definition) is 3. The number of nitrogens with zero attached hydrogens (tertiary/aromatic N) is 3. The smallest absolute Gasteiger partial charge is 0.137 e. The molecule has 0 spiro atoms. The van der Waals surface area contributed by atoms with Crippen molar-refractivity contribution in [3.05, 3.63) is 45.9 Å². The van der Waals surface area contributed by atoms with Gasteiger partial charge in [0.2, 0.25) is 0 Å². The van der Waals surface area contributed by atoms with Crippen LogP contribution in [0.5, 0.6) is 0 Å². The summed E-state index contributed by atoms with van der Waals surface area (Å²) in [6, 6.07) is 4.91. The first-order valence-corrected chi connectivity index (χ1v) is 6.29. The van der Waals surface area contributed by atoms with Crippen LogP contribution in [0.3, 0.4) is 0 Å². The summed E-state index contributed by atoms with van der Waals surface area (Å²) in [4.78, 5) is 0. The fraction of sp³-hybridized carbons (Fsp3) is 0.333. The number of nitrogens with two attached hydrogens (primary N) is 1. The van der Waals surface area contributed by atoms with Crippen LogP contribution in [-0.2, 0) is 12.1 Å². The molecule has 1 aromatic carbocycles. The molecule has 0 unspecified atom stereocenters. The maximum absolute atomic E-state index is 13.4. The predicted octanol–water partition coefficient (Wildman–Crippen LogP) is 2.42. The minimum Gasteiger partial charge on any atom is -0.320 e. The Bertz CT molecular complexity index is 559. The molecular weight excluding hydrogens is 299 g/mol. The van der Waals surface area contributed by atoms with Crippen molar-refractivity contribution < 1.29 is 4.39 Å². The van der Waals surface area contributed by atoms with Crippen LogP contribution in [0.15, 0.2) is 28.9 Å². The number of halogens is 2. The third kappa shape index (κ3) is 2.76. The Balaban J connectivity index is 2.24. The first-order valence-electron chi connectivity index (χ1n) is 5.50. The van der Waals surface area contributed by atoms with Gasteiger partial charge in [0.15, 0.2) is 0 Å². The lowest BCUT2D eigenvalue weighted by molar-refractivity contribution is 0.533. The summed E-state index contributed by atoms with van der Waals surface area (Å²) in [5, 5.41) is 8.01. The van der Waals surface area contributed by atoms with Gasteiger partial charge in [0, 0.05) is 0 Å². The van der Waals surface area contributed by atoms with Gasteiger partial charge in [-0.1, -0.05) is 17.3 Å². The van der Waals surface area contributed by atoms with Crippen molar-refractivity contribution >= 4 is 15.9 Å². The average molecular weight is 313 g/mol. The molecule has 2 N–H and O–H groups in total. The van der Waals surface area contributed by atoms with Crippen molar-refractivity contribution in [2.45, 2.75) is 25.9 Å². The van der Waals surface area contributed by atoms with Crippen LogP contribution in [-0.4, -0.2) is 15.0 Å². The molecule has 0 bridgehead atoms. The predicted molar refractivity (Wildman–Crippen MR) is 70.4 cm³/mol. The standard InChI is InChI=1S/C12H14BrFN4/c1-12(2,15)10-7-18(17-16-10)6-8-4-3-5-9(14)11(8)13/h3-5,7H,6,15H2,1-2H3. The highest BCUT2D eigenvalue weighted by Crippen LogP contribution is 2.21. The van der Waals surface area contributed by atoms with Crippen molar-refractivity contribution in [1.29, 1.82) is 0 Å². The van der Waals surface area contributed by atoms with E-state index in [2.05, 4.69) is 26.2 Å². The van der Waals surface area contributed by atoms with E-state index in [9.17, 15) is 4.39 Å². The van der Waals surface area contributed by atoms with Crippen LogP contribution in [0.1, 0.15) is 25.1 Å². The molecule has 0 atom stereocenters. The average Bonchev–Trinajstić information content (AvgIpc) is 2.73. The van der Waals surface area contributed by atoms with Gasteiger partial charge in [-0.3, -0.25) is 0 Å². The monoisotopic (exact) mass is 312 g/mol. The molecule has 0 amide bonds. The summed E-state index contributed by atoms with van der Waals surface area (Å²) in [6.45, 7) is 4.17. The molecule has 1 aromatic heterocycles. The van der Waals surface area contributed by atoms with Crippen LogP contribution in [0.2, 0.25) is 0 Å². The van der Waals surface area contributed by atoms with E-state index >= 15 is 0 Å². The molecule has 2 aromatic rings. The molecule has 96 valence electrons. The molecule has 0 saturated heterocycles. The lowest BCUT2D eigenvalue weighted by atomic mass is 10.0. The van der Waals surface area contributed by atoms with E-state index in [4.69, 9.17) is 5.73 Å². The van der Waals surface area contributed by atoms with Crippen LogP contribution in [0, 0.1) is 5.82 Å². The largest absolute Gasteiger partial charge is 0.320 e. The van der Waals surface area contributed by atoms with Crippen LogP contribution in [0.25, 0.3) is 0 Å². The summed E-state index contributed by atoms with van der Waals surface area (Å²) in [5.74, 6) is -0.285. The third-order valence-corrected chi connectivity index (χ3v) is 3.45. The molecular formula is C12H14BrFN4. The Kier molecular flexibility index (Phi) is 3.49. The summed E-state index contributed by atoms with van der Waals surface area (Å²) in [6.07, 6.45) is 1.78. The maximum atomic E-state index is 13.4. The molecule has 0 saturated carbocycles. The second kappa shape index (κ2) is 4.78. The summed E-state index contributed by atoms with van der Waals surface area (Å²) in [5.41, 5.74) is 6.91. The Morgan fingerprint density at radius 1 is 1.44 bits per heavy atom. The first-order chi connectivity index (χ1) is 8.38. The number of aromatic nitrogens is 3. The van der Waals surface area contributed by atoms with E-state index in [0.29, 0.717) is 16.7 Å².